The summed E-state index contributed by atoms with van der Waals surface area (Å²) in [5.74, 6) is -4.05. The minimum absolute atomic E-state index is 0.0264. The Bertz CT molecular complexity index is 1240. The first-order valence-electron chi connectivity index (χ1n) is 10.6. The van der Waals surface area contributed by atoms with E-state index < -0.39 is 57.2 Å². The fourth-order valence-corrected chi connectivity index (χ4v) is 5.94. The molecule has 2 fully saturated rings. The van der Waals surface area contributed by atoms with Crippen LogP contribution in [0.1, 0.15) is 13.8 Å². The molecule has 11 heteroatoms. The van der Waals surface area contributed by atoms with E-state index in [0.717, 1.165) is 16.0 Å². The van der Waals surface area contributed by atoms with Crippen LogP contribution in [0.2, 0.25) is 5.02 Å². The van der Waals surface area contributed by atoms with Crippen LogP contribution < -0.4 is 10.8 Å². The van der Waals surface area contributed by atoms with E-state index in [9.17, 15) is 28.0 Å². The Hall–Kier alpha value is -2.79. The van der Waals surface area contributed by atoms with E-state index in [0.29, 0.717) is 5.02 Å². The van der Waals surface area contributed by atoms with Crippen LogP contribution in [0.4, 0.5) is 0 Å². The number of hydrogen-bond acceptors (Lipinski definition) is 7. The van der Waals surface area contributed by atoms with E-state index in [1.807, 2.05) is 0 Å². The van der Waals surface area contributed by atoms with Gasteiger partial charge >= 0.3 is 0 Å². The van der Waals surface area contributed by atoms with Crippen LogP contribution in [0.15, 0.2) is 53.4 Å². The average molecular weight is 506 g/mol. The highest BCUT2D eigenvalue weighted by molar-refractivity contribution is 7.91. The zero-order chi connectivity index (χ0) is 24.8. The average Bonchev–Trinajstić information content (AvgIpc) is 3.62. The molecule has 4 rings (SSSR count). The number of nitrogens with one attached hydrogen (secondary N) is 2. The van der Waals surface area contributed by atoms with E-state index in [4.69, 9.17) is 11.6 Å². The molecule has 180 valence electrons. The van der Waals surface area contributed by atoms with Crippen molar-refractivity contribution in [1.82, 2.24) is 15.7 Å². The first kappa shape index (κ1) is 24.3. The van der Waals surface area contributed by atoms with Gasteiger partial charge in [-0.1, -0.05) is 35.9 Å². The van der Waals surface area contributed by atoms with E-state index in [-0.39, 0.29) is 10.9 Å². The molecule has 0 saturated carbocycles. The molecule has 2 heterocycles. The summed E-state index contributed by atoms with van der Waals surface area (Å²) in [7, 11) is -4.00. The van der Waals surface area contributed by atoms with Crippen molar-refractivity contribution in [3.05, 3.63) is 53.6 Å². The molecule has 9 nitrogen and oxygen atoms in total. The summed E-state index contributed by atoms with van der Waals surface area (Å²) in [6.07, 6.45) is 0. The van der Waals surface area contributed by atoms with Crippen LogP contribution in [0, 0.1) is 11.3 Å². The van der Waals surface area contributed by atoms with E-state index in [2.05, 4.69) is 5.32 Å². The van der Waals surface area contributed by atoms with Gasteiger partial charge in [0.05, 0.1) is 22.0 Å². The van der Waals surface area contributed by atoms with Crippen molar-refractivity contribution in [3.8, 4) is 11.1 Å². The molecule has 3 atom stereocenters. The van der Waals surface area contributed by atoms with Crippen LogP contribution in [-0.4, -0.2) is 60.6 Å². The molecule has 3 N–H and O–H groups in total. The molecule has 0 radical (unpaired) electrons. The third kappa shape index (κ3) is 4.46. The quantitative estimate of drug-likeness (QED) is 0.224. The van der Waals surface area contributed by atoms with Gasteiger partial charge in [0.15, 0.2) is 9.84 Å². The molecule has 2 aromatic rings. The first-order chi connectivity index (χ1) is 16.0. The number of sulfone groups is 1. The lowest BCUT2D eigenvalue weighted by Crippen LogP contribution is -2.56. The molecule has 34 heavy (non-hydrogen) atoms. The fourth-order valence-electron chi connectivity index (χ4n) is 4.28. The lowest BCUT2D eigenvalue weighted by Gasteiger charge is -2.35. The maximum atomic E-state index is 13.1. The summed E-state index contributed by atoms with van der Waals surface area (Å²) < 4.78 is 26.2. The summed E-state index contributed by atoms with van der Waals surface area (Å²) >= 11 is 5.91. The number of carbonyl (C=O) groups excluding carboxylic acids is 3. The van der Waals surface area contributed by atoms with Crippen molar-refractivity contribution < 1.29 is 28.0 Å². The van der Waals surface area contributed by atoms with E-state index in [1.165, 1.54) is 17.6 Å². The van der Waals surface area contributed by atoms with Crippen LogP contribution >= 0.6 is 11.6 Å². The second-order valence-corrected chi connectivity index (χ2v) is 11.6. The number of benzene rings is 2. The highest BCUT2D eigenvalue weighted by Gasteiger charge is 2.62. The molecule has 2 aliphatic rings. The zero-order valence-electron chi connectivity index (χ0n) is 18.5. The number of amides is 3. The van der Waals surface area contributed by atoms with Gasteiger partial charge in [0.1, 0.15) is 6.04 Å². The van der Waals surface area contributed by atoms with Crippen molar-refractivity contribution in [2.24, 2.45) is 11.3 Å². The summed E-state index contributed by atoms with van der Waals surface area (Å²) in [4.78, 5) is 38.7. The number of imide groups is 1. The number of nitrogens with zero attached hydrogens (tertiary/aromatic N) is 1. The Morgan fingerprint density at radius 1 is 1.12 bits per heavy atom. The zero-order valence-corrected chi connectivity index (χ0v) is 20.1. The predicted molar refractivity (Wildman–Crippen MR) is 124 cm³/mol. The van der Waals surface area contributed by atoms with E-state index >= 15 is 0 Å². The topological polar surface area (TPSA) is 143 Å². The van der Waals surface area contributed by atoms with Gasteiger partial charge in [-0.2, -0.15) is 0 Å². The highest BCUT2D eigenvalue weighted by Crippen LogP contribution is 2.39. The molecule has 2 aromatic carbocycles. The van der Waals surface area contributed by atoms with Gasteiger partial charge in [-0.3, -0.25) is 29.8 Å². The maximum Gasteiger partial charge on any atom is 0.249 e. The van der Waals surface area contributed by atoms with Gasteiger partial charge in [-0.05, 0) is 49.2 Å². The van der Waals surface area contributed by atoms with Crippen molar-refractivity contribution in [1.29, 1.82) is 0 Å². The molecule has 0 bridgehead atoms. The molecule has 0 spiro atoms. The summed E-state index contributed by atoms with van der Waals surface area (Å²) in [5, 5.41) is 12.7. The number of halogens is 1. The van der Waals surface area contributed by atoms with E-state index in [1.54, 1.807) is 50.2 Å². The molecule has 0 aromatic heterocycles. The highest BCUT2D eigenvalue weighted by atomic mass is 35.5. The van der Waals surface area contributed by atoms with Crippen LogP contribution in [0.5, 0.6) is 0 Å². The third-order valence-electron chi connectivity index (χ3n) is 6.38. The van der Waals surface area contributed by atoms with Gasteiger partial charge in [0.2, 0.25) is 17.7 Å². The van der Waals surface area contributed by atoms with Crippen molar-refractivity contribution >= 4 is 39.2 Å². The minimum atomic E-state index is -4.00. The SMILES string of the molecule is CC1(C)C(=O)N(CC(CS(=O)(=O)c2ccc(-c3ccc(Cl)cc3)cc2)C(=O)NO)C(=O)C2NC21. The lowest BCUT2D eigenvalue weighted by atomic mass is 9.82. The van der Waals surface area contributed by atoms with Crippen LogP contribution in [0.25, 0.3) is 11.1 Å². The Morgan fingerprint density at radius 2 is 1.68 bits per heavy atom. The van der Waals surface area contributed by atoms with Crippen molar-refractivity contribution in [2.75, 3.05) is 12.3 Å². The Morgan fingerprint density at radius 3 is 2.24 bits per heavy atom. The molecule has 2 saturated heterocycles. The van der Waals surface area contributed by atoms with Crippen LogP contribution in [0.3, 0.4) is 0 Å². The van der Waals surface area contributed by atoms with Gasteiger partial charge in [-0.25, -0.2) is 13.9 Å². The minimum Gasteiger partial charge on any atom is -0.299 e. The summed E-state index contributed by atoms with van der Waals surface area (Å²) in [5.41, 5.74) is 2.20. The number of fused-ring (bicyclic) bond motifs is 1. The Balaban J connectivity index is 1.55. The summed E-state index contributed by atoms with van der Waals surface area (Å²) in [6, 6.07) is 12.4. The third-order valence-corrected chi connectivity index (χ3v) is 8.47. The number of likely N-dealkylation sites (tertiary alicyclic amines) is 1. The normalized spacial score (nSPS) is 22.2. The molecular formula is C23H24ClN3O6S. The fraction of sp³-hybridized carbons (Fsp3) is 0.348. The second kappa shape index (κ2) is 8.77. The molecule has 3 unspecified atom stereocenters. The molecular weight excluding hydrogens is 482 g/mol. The predicted octanol–water partition coefficient (Wildman–Crippen LogP) is 1.64. The maximum absolute atomic E-state index is 13.1. The standard InChI is InChI=1S/C23H24ClN3O6S/c1-23(2)19-18(25-19)21(29)27(22(23)30)11-15(20(28)26-31)12-34(32,33)17-9-5-14(6-10-17)13-3-7-16(24)8-4-13/h3-10,15,18-19,25,31H,11-12H2,1-2H3,(H,26,28). The van der Waals surface area contributed by atoms with Gasteiger partial charge in [-0.15, -0.1) is 0 Å². The van der Waals surface area contributed by atoms with Crippen LogP contribution in [-0.2, 0) is 24.2 Å². The molecule has 2 aliphatic heterocycles. The number of hydrogen-bond donors (Lipinski definition) is 3. The second-order valence-electron chi connectivity index (χ2n) is 9.08. The smallest absolute Gasteiger partial charge is 0.249 e. The van der Waals surface area contributed by atoms with Crippen molar-refractivity contribution in [3.63, 3.8) is 0 Å². The Labute approximate surface area is 202 Å². The van der Waals surface area contributed by atoms with Gasteiger partial charge < -0.3 is 0 Å². The van der Waals surface area contributed by atoms with Gasteiger partial charge in [0, 0.05) is 17.6 Å². The monoisotopic (exact) mass is 505 g/mol. The summed E-state index contributed by atoms with van der Waals surface area (Å²) in [6.45, 7) is 2.92. The Kier molecular flexibility index (Phi) is 6.28. The molecule has 3 amide bonds. The largest absolute Gasteiger partial charge is 0.299 e. The number of piperidine rings is 1. The lowest BCUT2D eigenvalue weighted by molar-refractivity contribution is -0.155. The first-order valence-corrected chi connectivity index (χ1v) is 12.6. The number of hydroxylamine groups is 1. The molecule has 0 aliphatic carbocycles. The number of carbonyl (C=O) groups is 3. The number of rotatable bonds is 7. The van der Waals surface area contributed by atoms with Gasteiger partial charge in [0.25, 0.3) is 0 Å². The van der Waals surface area contributed by atoms with Crippen molar-refractivity contribution in [2.45, 2.75) is 30.8 Å².